The van der Waals surface area contributed by atoms with Crippen LogP contribution in [0.25, 0.3) is 0 Å². The molecule has 1 N–H and O–H groups in total. The zero-order chi connectivity index (χ0) is 15.4. The van der Waals surface area contributed by atoms with Gasteiger partial charge in [0.2, 0.25) is 0 Å². The lowest BCUT2D eigenvalue weighted by Crippen LogP contribution is -2.32. The van der Waals surface area contributed by atoms with Crippen molar-refractivity contribution in [3.8, 4) is 0 Å². The van der Waals surface area contributed by atoms with Crippen LogP contribution in [-0.2, 0) is 11.3 Å². The smallest absolute Gasteiger partial charge is 0.251 e. The van der Waals surface area contributed by atoms with E-state index in [4.69, 9.17) is 0 Å². The van der Waals surface area contributed by atoms with E-state index in [1.54, 1.807) is 12.1 Å². The number of amides is 1. The number of hydrogen-bond donors (Lipinski definition) is 1. The van der Waals surface area contributed by atoms with Gasteiger partial charge in [-0.25, -0.2) is 4.39 Å². The summed E-state index contributed by atoms with van der Waals surface area (Å²) in [5.74, 6) is -0.298. The van der Waals surface area contributed by atoms with E-state index in [0.717, 1.165) is 25.9 Å². The molecule has 0 unspecified atom stereocenters. The van der Waals surface area contributed by atoms with Crippen molar-refractivity contribution in [1.29, 1.82) is 0 Å². The number of halogens is 2. The fraction of sp³-hybridized carbons (Fsp3) is 0.375. The van der Waals surface area contributed by atoms with E-state index in [1.165, 1.54) is 17.4 Å². The zero-order valence-electron chi connectivity index (χ0n) is 12.6. The first kappa shape index (κ1) is 17.8. The van der Waals surface area contributed by atoms with Crippen LogP contribution in [0.5, 0.6) is 0 Å². The highest BCUT2D eigenvalue weighted by molar-refractivity contribution is 7.07. The molecule has 0 bridgehead atoms. The van der Waals surface area contributed by atoms with Gasteiger partial charge in [-0.1, -0.05) is 18.2 Å². The molecule has 0 atom stereocenters. The summed E-state index contributed by atoms with van der Waals surface area (Å²) < 4.78 is 15.6. The first-order valence-corrected chi connectivity index (χ1v) is 8.28. The number of aromatic nitrogens is 1. The van der Waals surface area contributed by atoms with Crippen LogP contribution in [-0.4, -0.2) is 23.6 Å². The molecule has 124 valence electrons. The Morgan fingerprint density at radius 3 is 2.83 bits per heavy atom. The second kappa shape index (κ2) is 8.38. The number of rotatable bonds is 3. The molecule has 1 amide bonds. The second-order valence-electron chi connectivity index (χ2n) is 5.38. The third kappa shape index (κ3) is 4.50. The van der Waals surface area contributed by atoms with Crippen LogP contribution >= 0.6 is 23.7 Å². The highest BCUT2D eigenvalue weighted by Crippen LogP contribution is 2.13. The van der Waals surface area contributed by atoms with Gasteiger partial charge in [0, 0.05) is 23.1 Å². The first-order valence-electron chi connectivity index (χ1n) is 7.40. The first-order chi connectivity index (χ1) is 10.7. The van der Waals surface area contributed by atoms with Crippen molar-refractivity contribution in [1.82, 2.24) is 9.88 Å². The summed E-state index contributed by atoms with van der Waals surface area (Å²) >= 11 is 1.40. The summed E-state index contributed by atoms with van der Waals surface area (Å²) in [6.45, 7) is 2.12. The number of hydrogen-bond acceptors (Lipinski definition) is 3. The minimum absolute atomic E-state index is 0. The predicted octanol–water partition coefficient (Wildman–Crippen LogP) is 2.59. The molecule has 0 spiro atoms. The molecule has 7 heteroatoms. The Labute approximate surface area is 144 Å². The van der Waals surface area contributed by atoms with E-state index in [2.05, 4.69) is 10.3 Å². The van der Waals surface area contributed by atoms with Crippen molar-refractivity contribution >= 4 is 29.7 Å². The van der Waals surface area contributed by atoms with Gasteiger partial charge in [-0.2, -0.15) is 4.99 Å². The van der Waals surface area contributed by atoms with E-state index >= 15 is 0 Å². The number of nitrogens with zero attached hydrogens (tertiary/aromatic N) is 2. The van der Waals surface area contributed by atoms with Crippen molar-refractivity contribution in [2.45, 2.75) is 19.4 Å². The highest BCUT2D eigenvalue weighted by Gasteiger charge is 2.20. The number of benzene rings is 1. The van der Waals surface area contributed by atoms with Crippen LogP contribution in [0.15, 0.2) is 40.8 Å². The molecule has 4 nitrogen and oxygen atoms in total. The Bertz CT molecular complexity index is 722. The number of thiazole rings is 1. The van der Waals surface area contributed by atoms with Crippen LogP contribution in [0.2, 0.25) is 0 Å². The van der Waals surface area contributed by atoms with Crippen molar-refractivity contribution in [3.63, 3.8) is 0 Å². The fourth-order valence-corrected chi connectivity index (χ4v) is 3.30. The zero-order valence-corrected chi connectivity index (χ0v) is 14.2. The minimum atomic E-state index is -0.239. The van der Waals surface area contributed by atoms with Crippen LogP contribution in [0.4, 0.5) is 4.39 Å². The second-order valence-corrected chi connectivity index (χ2v) is 6.25. The number of nitrogens with one attached hydrogen (secondary N) is 1. The van der Waals surface area contributed by atoms with Gasteiger partial charge in [-0.15, -0.1) is 23.7 Å². The van der Waals surface area contributed by atoms with Crippen LogP contribution in [0.3, 0.4) is 0 Å². The molecule has 2 heterocycles. The number of piperidine rings is 1. The Kier molecular flexibility index (Phi) is 6.50. The summed E-state index contributed by atoms with van der Waals surface area (Å²) in [5, 5.41) is 5.11. The predicted molar refractivity (Wildman–Crippen MR) is 91.2 cm³/mol. The van der Waals surface area contributed by atoms with Crippen molar-refractivity contribution < 1.29 is 9.18 Å². The van der Waals surface area contributed by atoms with Gasteiger partial charge in [-0.05, 0) is 32.0 Å². The maximum absolute atomic E-state index is 13.8. The SMILES string of the molecule is Cl.O=C(N=c1sccn1Cc1ccccc1F)C1CCNCC1. The normalized spacial score (nSPS) is 16.1. The van der Waals surface area contributed by atoms with Gasteiger partial charge in [-0.3, -0.25) is 4.79 Å². The number of carbonyl (C=O) groups is 1. The van der Waals surface area contributed by atoms with Crippen LogP contribution in [0, 0.1) is 11.7 Å². The lowest BCUT2D eigenvalue weighted by atomic mass is 9.98. The molecular weight excluding hydrogens is 337 g/mol. The molecule has 1 aromatic carbocycles. The van der Waals surface area contributed by atoms with Gasteiger partial charge in [0.1, 0.15) is 5.82 Å². The molecule has 1 fully saturated rings. The summed E-state index contributed by atoms with van der Waals surface area (Å²) in [4.78, 5) is 17.2. The monoisotopic (exact) mass is 355 g/mol. The lowest BCUT2D eigenvalue weighted by Gasteiger charge is -2.19. The van der Waals surface area contributed by atoms with Crippen molar-refractivity contribution in [3.05, 3.63) is 52.0 Å². The van der Waals surface area contributed by atoms with Crippen LogP contribution in [0.1, 0.15) is 18.4 Å². The lowest BCUT2D eigenvalue weighted by molar-refractivity contribution is -0.122. The summed E-state index contributed by atoms with van der Waals surface area (Å²) in [5.41, 5.74) is 0.594. The molecule has 0 radical (unpaired) electrons. The van der Waals surface area contributed by atoms with E-state index in [9.17, 15) is 9.18 Å². The largest absolute Gasteiger partial charge is 0.319 e. The molecule has 1 aliphatic rings. The quantitative estimate of drug-likeness (QED) is 0.919. The molecule has 3 rings (SSSR count). The topological polar surface area (TPSA) is 46.4 Å². The molecule has 0 aliphatic carbocycles. The van der Waals surface area contributed by atoms with Crippen LogP contribution < -0.4 is 10.1 Å². The minimum Gasteiger partial charge on any atom is -0.319 e. The van der Waals surface area contributed by atoms with Gasteiger partial charge >= 0.3 is 0 Å². The highest BCUT2D eigenvalue weighted by atomic mass is 35.5. The fourth-order valence-electron chi connectivity index (χ4n) is 2.57. The standard InChI is InChI=1S/C16H18FN3OS.ClH/c17-14-4-2-1-3-13(14)11-20-9-10-22-16(20)19-15(21)12-5-7-18-8-6-12;/h1-4,9-10,12,18H,5-8,11H2;1H. The third-order valence-corrected chi connectivity index (χ3v) is 4.65. The Hall–Kier alpha value is -1.50. The van der Waals surface area contributed by atoms with E-state index < -0.39 is 0 Å². The molecule has 2 aromatic rings. The van der Waals surface area contributed by atoms with Crippen molar-refractivity contribution in [2.24, 2.45) is 10.9 Å². The summed E-state index contributed by atoms with van der Waals surface area (Å²) in [7, 11) is 0. The van der Waals surface area contributed by atoms with E-state index in [-0.39, 0.29) is 30.0 Å². The molecular formula is C16H19ClFN3OS. The number of carbonyl (C=O) groups excluding carboxylic acids is 1. The molecule has 23 heavy (non-hydrogen) atoms. The Morgan fingerprint density at radius 2 is 2.09 bits per heavy atom. The maximum atomic E-state index is 13.8. The summed E-state index contributed by atoms with van der Waals surface area (Å²) in [6.07, 6.45) is 3.51. The average Bonchev–Trinajstić information content (AvgIpc) is 2.97. The Morgan fingerprint density at radius 1 is 1.35 bits per heavy atom. The van der Waals surface area contributed by atoms with Gasteiger partial charge in [0.15, 0.2) is 4.80 Å². The van der Waals surface area contributed by atoms with Gasteiger partial charge in [0.25, 0.3) is 5.91 Å². The molecule has 1 aliphatic heterocycles. The van der Waals surface area contributed by atoms with Gasteiger partial charge in [0.05, 0.1) is 6.54 Å². The molecule has 0 saturated carbocycles. The average molecular weight is 356 g/mol. The summed E-state index contributed by atoms with van der Waals surface area (Å²) in [6, 6.07) is 6.67. The molecule has 1 aromatic heterocycles. The Balaban J connectivity index is 0.00000192. The van der Waals surface area contributed by atoms with E-state index in [1.807, 2.05) is 22.2 Å². The van der Waals surface area contributed by atoms with Gasteiger partial charge < -0.3 is 9.88 Å². The molecule has 1 saturated heterocycles. The van der Waals surface area contributed by atoms with Crippen molar-refractivity contribution in [2.75, 3.05) is 13.1 Å². The third-order valence-electron chi connectivity index (χ3n) is 3.85. The van der Waals surface area contributed by atoms with E-state index in [0.29, 0.717) is 16.9 Å². The maximum Gasteiger partial charge on any atom is 0.251 e.